The Morgan fingerprint density at radius 2 is 1.78 bits per heavy atom. The van der Waals surface area contributed by atoms with Gasteiger partial charge >= 0.3 is 0 Å². The predicted molar refractivity (Wildman–Crippen MR) is 122 cm³/mol. The lowest BCUT2D eigenvalue weighted by Crippen LogP contribution is -2.65. The first-order valence-electron chi connectivity index (χ1n) is 10.5. The number of fused-ring (bicyclic) bond motifs is 1. The molecule has 1 aliphatic rings. The lowest BCUT2D eigenvalue weighted by atomic mass is 9.57. The highest BCUT2D eigenvalue weighted by Crippen LogP contribution is 2.54. The van der Waals surface area contributed by atoms with Crippen LogP contribution in [0.15, 0.2) is 42.5 Å². The number of hydrogen-bond acceptors (Lipinski definition) is 4. The summed E-state index contributed by atoms with van der Waals surface area (Å²) in [5, 5.41) is 0. The summed E-state index contributed by atoms with van der Waals surface area (Å²) in [6.45, 7) is 6.98. The van der Waals surface area contributed by atoms with Crippen molar-refractivity contribution < 1.29 is 19.1 Å². The topological polar surface area (TPSA) is 92.9 Å². The quantitative estimate of drug-likeness (QED) is 0.779. The molecule has 3 amide bonds. The van der Waals surface area contributed by atoms with E-state index in [0.29, 0.717) is 11.4 Å². The molecule has 32 heavy (non-hydrogen) atoms. The van der Waals surface area contributed by atoms with Gasteiger partial charge in [-0.1, -0.05) is 37.3 Å². The minimum Gasteiger partial charge on any atom is -0.483 e. The molecule has 7 nitrogen and oxygen atoms in total. The molecule has 1 radical (unpaired) electrons. The highest BCUT2D eigenvalue weighted by atomic mass is 16.5. The van der Waals surface area contributed by atoms with Gasteiger partial charge in [0.15, 0.2) is 6.61 Å². The third-order valence-electron chi connectivity index (χ3n) is 6.39. The molecule has 2 aromatic carbocycles. The van der Waals surface area contributed by atoms with Gasteiger partial charge < -0.3 is 20.3 Å². The summed E-state index contributed by atoms with van der Waals surface area (Å²) in [6.07, 6.45) is 0. The molecule has 0 aromatic heterocycles. The summed E-state index contributed by atoms with van der Waals surface area (Å²) in [6, 6.07) is 16.2. The van der Waals surface area contributed by atoms with E-state index in [0.717, 1.165) is 11.1 Å². The maximum Gasteiger partial charge on any atom is 0.259 e. The van der Waals surface area contributed by atoms with Crippen LogP contribution in [0.25, 0.3) is 0 Å². The van der Waals surface area contributed by atoms with E-state index in [9.17, 15) is 14.4 Å². The Labute approximate surface area is 189 Å². The van der Waals surface area contributed by atoms with Crippen LogP contribution >= 0.6 is 0 Å². The SMILES string of the molecule is CC(=O)N1c2cc(OCC(=O)N(C)C)[c]cc2C(C)(c2ccccc2)C(C(N)=O)C1(C)C. The Morgan fingerprint density at radius 1 is 1.16 bits per heavy atom. The Morgan fingerprint density at radius 3 is 2.31 bits per heavy atom. The molecule has 2 unspecified atom stereocenters. The Hall–Kier alpha value is -3.35. The smallest absolute Gasteiger partial charge is 0.259 e. The number of nitrogens with zero attached hydrogens (tertiary/aromatic N) is 2. The fraction of sp³-hybridized carbons (Fsp3) is 0.400. The normalized spacial score (nSPS) is 21.4. The molecule has 0 saturated heterocycles. The zero-order valence-corrected chi connectivity index (χ0v) is 19.4. The van der Waals surface area contributed by atoms with E-state index < -0.39 is 22.8 Å². The summed E-state index contributed by atoms with van der Waals surface area (Å²) >= 11 is 0. The van der Waals surface area contributed by atoms with Crippen LogP contribution in [-0.2, 0) is 19.8 Å². The Kier molecular flexibility index (Phi) is 6.05. The van der Waals surface area contributed by atoms with Gasteiger partial charge in [-0.25, -0.2) is 0 Å². The third-order valence-corrected chi connectivity index (χ3v) is 6.39. The van der Waals surface area contributed by atoms with Crippen molar-refractivity contribution in [3.8, 4) is 5.75 Å². The number of carbonyl (C=O) groups excluding carboxylic acids is 3. The number of rotatable bonds is 5. The van der Waals surface area contributed by atoms with Gasteiger partial charge in [0.2, 0.25) is 11.8 Å². The maximum absolute atomic E-state index is 12.9. The average Bonchev–Trinajstić information content (AvgIpc) is 2.71. The van der Waals surface area contributed by atoms with Gasteiger partial charge in [-0.05, 0) is 31.0 Å². The van der Waals surface area contributed by atoms with E-state index in [-0.39, 0.29) is 18.4 Å². The van der Waals surface area contributed by atoms with Crippen LogP contribution in [0.5, 0.6) is 5.75 Å². The molecule has 2 N–H and O–H groups in total. The van der Waals surface area contributed by atoms with Crippen molar-refractivity contribution in [1.29, 1.82) is 0 Å². The van der Waals surface area contributed by atoms with Crippen molar-refractivity contribution in [1.82, 2.24) is 4.90 Å². The van der Waals surface area contributed by atoms with Crippen molar-refractivity contribution in [2.45, 2.75) is 38.6 Å². The second-order valence-corrected chi connectivity index (χ2v) is 9.08. The lowest BCUT2D eigenvalue weighted by Gasteiger charge is -2.55. The highest BCUT2D eigenvalue weighted by molar-refractivity contribution is 5.98. The first kappa shape index (κ1) is 23.3. The molecule has 7 heteroatoms. The molecule has 1 aliphatic heterocycles. The molecule has 0 spiro atoms. The molecule has 169 valence electrons. The Bertz CT molecular complexity index is 1050. The summed E-state index contributed by atoms with van der Waals surface area (Å²) in [7, 11) is 3.30. The van der Waals surface area contributed by atoms with Crippen molar-refractivity contribution in [3.63, 3.8) is 0 Å². The van der Waals surface area contributed by atoms with Crippen molar-refractivity contribution in [3.05, 3.63) is 59.7 Å². The van der Waals surface area contributed by atoms with Gasteiger partial charge in [-0.15, -0.1) is 0 Å². The van der Waals surface area contributed by atoms with Gasteiger partial charge in [0.1, 0.15) is 5.75 Å². The highest BCUT2D eigenvalue weighted by Gasteiger charge is 2.57. The summed E-state index contributed by atoms with van der Waals surface area (Å²) in [5.74, 6) is -1.27. The lowest BCUT2D eigenvalue weighted by molar-refractivity contribution is -0.131. The minimum absolute atomic E-state index is 0.147. The fourth-order valence-electron chi connectivity index (χ4n) is 5.03. The first-order chi connectivity index (χ1) is 14.9. The molecule has 2 atom stereocenters. The molecule has 1 heterocycles. The monoisotopic (exact) mass is 436 g/mol. The molecule has 0 fully saturated rings. The van der Waals surface area contributed by atoms with Crippen LogP contribution in [0.4, 0.5) is 5.69 Å². The average molecular weight is 437 g/mol. The second kappa shape index (κ2) is 8.30. The molecule has 0 saturated carbocycles. The molecule has 2 aromatic rings. The van der Waals surface area contributed by atoms with Crippen LogP contribution in [0.3, 0.4) is 0 Å². The van der Waals surface area contributed by atoms with Crippen molar-refractivity contribution >= 4 is 23.4 Å². The van der Waals surface area contributed by atoms with E-state index in [1.54, 1.807) is 31.1 Å². The van der Waals surface area contributed by atoms with Gasteiger partial charge in [0, 0.05) is 38.6 Å². The number of anilines is 1. The zero-order chi connectivity index (χ0) is 23.8. The second-order valence-electron chi connectivity index (χ2n) is 9.08. The number of primary amides is 1. The van der Waals surface area contributed by atoms with E-state index >= 15 is 0 Å². The van der Waals surface area contributed by atoms with E-state index in [4.69, 9.17) is 10.5 Å². The number of amides is 3. The Balaban J connectivity index is 2.25. The minimum atomic E-state index is -0.923. The van der Waals surface area contributed by atoms with Crippen LogP contribution in [0.1, 0.15) is 38.8 Å². The number of ether oxygens (including phenoxy) is 1. The summed E-state index contributed by atoms with van der Waals surface area (Å²) in [5.41, 5.74) is 6.49. The third kappa shape index (κ3) is 3.72. The summed E-state index contributed by atoms with van der Waals surface area (Å²) < 4.78 is 5.66. The predicted octanol–water partition coefficient (Wildman–Crippen LogP) is 2.51. The van der Waals surface area contributed by atoms with E-state index in [2.05, 4.69) is 6.07 Å². The number of likely N-dealkylation sites (N-methyl/N-ethyl adjacent to an activating group) is 1. The van der Waals surface area contributed by atoms with Crippen molar-refractivity contribution in [2.24, 2.45) is 11.7 Å². The molecule has 3 rings (SSSR count). The molecule has 0 aliphatic carbocycles. The number of carbonyl (C=O) groups is 3. The van der Waals surface area contributed by atoms with Crippen LogP contribution in [0.2, 0.25) is 0 Å². The van der Waals surface area contributed by atoms with Gasteiger partial charge in [0.25, 0.3) is 5.91 Å². The fourth-order valence-corrected chi connectivity index (χ4v) is 5.03. The number of hydrogen-bond donors (Lipinski definition) is 1. The number of benzene rings is 2. The van der Waals surface area contributed by atoms with Gasteiger partial charge in [-0.2, -0.15) is 0 Å². The van der Waals surface area contributed by atoms with E-state index in [1.165, 1.54) is 11.8 Å². The first-order valence-corrected chi connectivity index (χ1v) is 10.5. The van der Waals surface area contributed by atoms with Gasteiger partial charge in [0.05, 0.1) is 17.1 Å². The maximum atomic E-state index is 12.9. The molecular weight excluding hydrogens is 406 g/mol. The largest absolute Gasteiger partial charge is 0.483 e. The standard InChI is InChI=1S/C25H30N3O4/c1-16(29)28-20-14-18(32-15-21(30)27(5)6)12-13-19(20)25(4,17-10-8-7-9-11-17)22(23(26)31)24(28,2)3/h7-11,13-14,22H,15H2,1-6H3,(H2,26,31). The zero-order valence-electron chi connectivity index (χ0n) is 19.4. The van der Waals surface area contributed by atoms with Gasteiger partial charge in [-0.3, -0.25) is 14.4 Å². The van der Waals surface area contributed by atoms with E-state index in [1.807, 2.05) is 51.1 Å². The molecular formula is C25H30N3O4. The molecule has 0 bridgehead atoms. The van der Waals surface area contributed by atoms with Crippen molar-refractivity contribution in [2.75, 3.05) is 25.6 Å². The van der Waals surface area contributed by atoms with Crippen LogP contribution in [0, 0.1) is 12.0 Å². The van der Waals surface area contributed by atoms with Crippen LogP contribution < -0.4 is 15.4 Å². The number of nitrogens with two attached hydrogens (primary N) is 1. The van der Waals surface area contributed by atoms with Crippen LogP contribution in [-0.4, -0.2) is 48.9 Å². The summed E-state index contributed by atoms with van der Waals surface area (Å²) in [4.78, 5) is 40.7.